The minimum absolute atomic E-state index is 0.0109. The average Bonchev–Trinajstić information content (AvgIpc) is 2.37. The summed E-state index contributed by atoms with van der Waals surface area (Å²) >= 11 is 0. The van der Waals surface area contributed by atoms with Gasteiger partial charge in [0.2, 0.25) is 0 Å². The van der Waals surface area contributed by atoms with E-state index in [-0.39, 0.29) is 5.56 Å². The van der Waals surface area contributed by atoms with E-state index >= 15 is 0 Å². The largest absolute Gasteiger partial charge is 0.296 e. The van der Waals surface area contributed by atoms with E-state index in [1.165, 1.54) is 12.1 Å². The van der Waals surface area contributed by atoms with Gasteiger partial charge in [-0.05, 0) is 11.6 Å². The molecule has 106 valence electrons. The third-order valence-corrected chi connectivity index (χ3v) is 4.58. The Bertz CT molecular complexity index is 839. The molecule has 2 aromatic carbocycles. The summed E-state index contributed by atoms with van der Waals surface area (Å²) in [5, 5.41) is 0. The molecule has 0 radical (unpaired) electrons. The van der Waals surface area contributed by atoms with Crippen molar-refractivity contribution in [3.8, 4) is 11.1 Å². The van der Waals surface area contributed by atoms with Crippen molar-refractivity contribution in [2.75, 3.05) is 0 Å². The van der Waals surface area contributed by atoms with Crippen molar-refractivity contribution in [2.45, 2.75) is 9.79 Å². The van der Waals surface area contributed by atoms with Crippen molar-refractivity contribution >= 4 is 20.2 Å². The summed E-state index contributed by atoms with van der Waals surface area (Å²) < 4.78 is 63.9. The molecule has 2 N–H and O–H groups in total. The Morgan fingerprint density at radius 3 is 1.80 bits per heavy atom. The van der Waals surface area contributed by atoms with E-state index in [1.807, 2.05) is 0 Å². The molecule has 0 saturated heterocycles. The zero-order valence-electron chi connectivity index (χ0n) is 9.96. The molecule has 2 rings (SSSR count). The minimum Gasteiger partial charge on any atom is -0.282 e. The van der Waals surface area contributed by atoms with Crippen LogP contribution in [0.15, 0.2) is 58.3 Å². The van der Waals surface area contributed by atoms with Crippen LogP contribution in [0.2, 0.25) is 0 Å². The van der Waals surface area contributed by atoms with Crippen LogP contribution in [-0.4, -0.2) is 25.9 Å². The van der Waals surface area contributed by atoms with E-state index in [0.717, 1.165) is 6.07 Å². The molecule has 8 heteroatoms. The van der Waals surface area contributed by atoms with Crippen molar-refractivity contribution in [1.82, 2.24) is 0 Å². The molecule has 0 aliphatic carbocycles. The zero-order chi connectivity index (χ0) is 15.0. The van der Waals surface area contributed by atoms with Gasteiger partial charge in [0.15, 0.2) is 0 Å². The van der Waals surface area contributed by atoms with Crippen LogP contribution >= 0.6 is 0 Å². The minimum atomic E-state index is -4.83. The Labute approximate surface area is 116 Å². The SMILES string of the molecule is O=S(=O)(O)c1cccc(-c2ccccc2)c1S(=O)(=O)O. The molecule has 0 aliphatic heterocycles. The molecule has 0 fully saturated rings. The van der Waals surface area contributed by atoms with Crippen LogP contribution in [-0.2, 0) is 20.2 Å². The van der Waals surface area contributed by atoms with E-state index in [0.29, 0.717) is 5.56 Å². The van der Waals surface area contributed by atoms with Gasteiger partial charge in [-0.15, -0.1) is 0 Å². The molecule has 2 aromatic rings. The lowest BCUT2D eigenvalue weighted by atomic mass is 10.1. The van der Waals surface area contributed by atoms with Crippen molar-refractivity contribution in [3.63, 3.8) is 0 Å². The summed E-state index contributed by atoms with van der Waals surface area (Å²) in [7, 11) is -9.62. The molecule has 0 aliphatic rings. The Morgan fingerprint density at radius 1 is 0.700 bits per heavy atom. The highest BCUT2D eigenvalue weighted by atomic mass is 32.2. The summed E-state index contributed by atoms with van der Waals surface area (Å²) in [4.78, 5) is -1.70. The van der Waals surface area contributed by atoms with Gasteiger partial charge in [0.25, 0.3) is 20.2 Å². The monoisotopic (exact) mass is 314 g/mol. The first kappa shape index (κ1) is 14.7. The molecular formula is C12H10O6S2. The van der Waals surface area contributed by atoms with Gasteiger partial charge < -0.3 is 0 Å². The Kier molecular flexibility index (Phi) is 3.65. The van der Waals surface area contributed by atoms with Gasteiger partial charge in [-0.1, -0.05) is 42.5 Å². The summed E-state index contributed by atoms with van der Waals surface area (Å²) in [5.41, 5.74) is 0.383. The van der Waals surface area contributed by atoms with Crippen LogP contribution < -0.4 is 0 Å². The maximum Gasteiger partial charge on any atom is 0.296 e. The standard InChI is InChI=1S/C12H10O6S2/c13-19(14,15)11-8-4-7-10(12(11)20(16,17)18)9-5-2-1-3-6-9/h1-8H,(H,13,14,15)(H,16,17,18). The second-order valence-electron chi connectivity index (χ2n) is 3.95. The lowest BCUT2D eigenvalue weighted by molar-refractivity contribution is 0.467. The lowest BCUT2D eigenvalue weighted by Gasteiger charge is -2.10. The van der Waals surface area contributed by atoms with Crippen LogP contribution in [0.5, 0.6) is 0 Å². The van der Waals surface area contributed by atoms with Crippen LogP contribution in [0.4, 0.5) is 0 Å². The maximum absolute atomic E-state index is 11.5. The Hall–Kier alpha value is -1.74. The first-order valence-electron chi connectivity index (χ1n) is 5.34. The maximum atomic E-state index is 11.5. The zero-order valence-corrected chi connectivity index (χ0v) is 11.6. The molecule has 0 heterocycles. The lowest BCUT2D eigenvalue weighted by Crippen LogP contribution is -2.10. The summed E-state index contributed by atoms with van der Waals surface area (Å²) in [5.74, 6) is 0. The second kappa shape index (κ2) is 4.98. The molecule has 0 aromatic heterocycles. The highest BCUT2D eigenvalue weighted by molar-refractivity contribution is 7.89. The molecule has 0 bridgehead atoms. The molecule has 0 unspecified atom stereocenters. The number of benzene rings is 2. The van der Waals surface area contributed by atoms with Gasteiger partial charge in [-0.25, -0.2) is 0 Å². The molecule has 6 nitrogen and oxygen atoms in total. The Balaban J connectivity index is 2.92. The highest BCUT2D eigenvalue weighted by Crippen LogP contribution is 2.32. The fraction of sp³-hybridized carbons (Fsp3) is 0. The van der Waals surface area contributed by atoms with E-state index in [2.05, 4.69) is 0 Å². The first-order chi connectivity index (χ1) is 9.21. The van der Waals surface area contributed by atoms with E-state index < -0.39 is 30.0 Å². The van der Waals surface area contributed by atoms with E-state index in [4.69, 9.17) is 4.55 Å². The second-order valence-corrected chi connectivity index (χ2v) is 6.70. The normalized spacial score (nSPS) is 12.3. The molecule has 0 spiro atoms. The third kappa shape index (κ3) is 2.88. The van der Waals surface area contributed by atoms with Gasteiger partial charge in [0, 0.05) is 5.56 Å². The van der Waals surface area contributed by atoms with Gasteiger partial charge in [-0.2, -0.15) is 16.8 Å². The van der Waals surface area contributed by atoms with Crippen LogP contribution in [0.25, 0.3) is 11.1 Å². The van der Waals surface area contributed by atoms with E-state index in [9.17, 15) is 21.4 Å². The summed E-state index contributed by atoms with van der Waals surface area (Å²) in [6.07, 6.45) is 0. The van der Waals surface area contributed by atoms with Crippen molar-refractivity contribution in [1.29, 1.82) is 0 Å². The fourth-order valence-electron chi connectivity index (χ4n) is 1.83. The highest BCUT2D eigenvalue weighted by Gasteiger charge is 2.27. The Morgan fingerprint density at radius 2 is 1.30 bits per heavy atom. The van der Waals surface area contributed by atoms with Crippen LogP contribution in [0.3, 0.4) is 0 Å². The van der Waals surface area contributed by atoms with Crippen molar-refractivity contribution in [2.24, 2.45) is 0 Å². The summed E-state index contributed by atoms with van der Waals surface area (Å²) in [6, 6.07) is 11.6. The van der Waals surface area contributed by atoms with E-state index in [1.54, 1.807) is 30.3 Å². The van der Waals surface area contributed by atoms with Crippen molar-refractivity contribution in [3.05, 3.63) is 48.5 Å². The van der Waals surface area contributed by atoms with Gasteiger partial charge in [0.1, 0.15) is 9.79 Å². The average molecular weight is 314 g/mol. The smallest absolute Gasteiger partial charge is 0.282 e. The fourth-order valence-corrected chi connectivity index (χ4v) is 3.84. The molecule has 0 atom stereocenters. The van der Waals surface area contributed by atoms with Gasteiger partial charge in [-0.3, -0.25) is 9.11 Å². The number of hydrogen-bond acceptors (Lipinski definition) is 4. The molecule has 0 amide bonds. The van der Waals surface area contributed by atoms with Crippen LogP contribution in [0, 0.1) is 0 Å². The predicted molar refractivity (Wildman–Crippen MR) is 71.5 cm³/mol. The molecular weight excluding hydrogens is 304 g/mol. The van der Waals surface area contributed by atoms with Crippen molar-refractivity contribution < 1.29 is 25.9 Å². The van der Waals surface area contributed by atoms with Gasteiger partial charge in [0.05, 0.1) is 0 Å². The number of hydrogen-bond donors (Lipinski definition) is 2. The quantitative estimate of drug-likeness (QED) is 0.837. The van der Waals surface area contributed by atoms with Gasteiger partial charge >= 0.3 is 0 Å². The first-order valence-corrected chi connectivity index (χ1v) is 8.22. The number of rotatable bonds is 3. The predicted octanol–water partition coefficient (Wildman–Crippen LogP) is 1.85. The topological polar surface area (TPSA) is 109 Å². The third-order valence-electron chi connectivity index (χ3n) is 2.60. The molecule has 20 heavy (non-hydrogen) atoms. The molecule has 0 saturated carbocycles. The summed E-state index contributed by atoms with van der Waals surface area (Å²) in [6.45, 7) is 0. The van der Waals surface area contributed by atoms with Crippen LogP contribution in [0.1, 0.15) is 0 Å².